The van der Waals surface area contributed by atoms with Crippen molar-refractivity contribution in [2.45, 2.75) is 25.4 Å². The summed E-state index contributed by atoms with van der Waals surface area (Å²) in [5, 5.41) is 3.00. The van der Waals surface area contributed by atoms with Gasteiger partial charge in [0.05, 0.1) is 17.9 Å². The van der Waals surface area contributed by atoms with E-state index in [-0.39, 0.29) is 17.8 Å². The second-order valence-corrected chi connectivity index (χ2v) is 7.03. The molecule has 148 valence electrons. The van der Waals surface area contributed by atoms with Gasteiger partial charge in [0.1, 0.15) is 11.6 Å². The van der Waals surface area contributed by atoms with Crippen molar-refractivity contribution in [3.63, 3.8) is 0 Å². The molecule has 3 aromatic rings. The van der Waals surface area contributed by atoms with E-state index in [1.54, 1.807) is 24.5 Å². The molecule has 1 fully saturated rings. The molecule has 0 saturated carbocycles. The van der Waals surface area contributed by atoms with Crippen molar-refractivity contribution in [1.82, 2.24) is 9.88 Å². The van der Waals surface area contributed by atoms with Crippen LogP contribution in [0.15, 0.2) is 73.1 Å². The Morgan fingerprint density at radius 1 is 1.17 bits per heavy atom. The Hall–Kier alpha value is -3.25. The summed E-state index contributed by atoms with van der Waals surface area (Å²) >= 11 is 0. The van der Waals surface area contributed by atoms with Gasteiger partial charge in [-0.15, -0.1) is 0 Å². The van der Waals surface area contributed by atoms with Crippen molar-refractivity contribution in [1.29, 1.82) is 0 Å². The minimum atomic E-state index is -0.260. The van der Waals surface area contributed by atoms with Crippen molar-refractivity contribution >= 4 is 11.6 Å². The molecular weight excluding hydrogens is 369 g/mol. The number of amides is 1. The number of nitrogens with zero attached hydrogens (tertiary/aromatic N) is 2. The smallest absolute Gasteiger partial charge is 0.241 e. The number of aromatic nitrogens is 1. The highest BCUT2D eigenvalue weighted by Crippen LogP contribution is 2.30. The van der Waals surface area contributed by atoms with E-state index in [0.29, 0.717) is 23.7 Å². The van der Waals surface area contributed by atoms with E-state index >= 15 is 0 Å². The number of carbonyl (C=O) groups is 1. The molecule has 0 unspecified atom stereocenters. The highest BCUT2D eigenvalue weighted by Gasteiger charge is 2.31. The van der Waals surface area contributed by atoms with Gasteiger partial charge in [-0.3, -0.25) is 14.7 Å². The van der Waals surface area contributed by atoms with Crippen LogP contribution in [0.3, 0.4) is 0 Å². The van der Waals surface area contributed by atoms with Gasteiger partial charge < -0.3 is 10.1 Å². The highest BCUT2D eigenvalue weighted by molar-refractivity contribution is 5.96. The molecule has 1 amide bonds. The maximum atomic E-state index is 13.5. The van der Waals surface area contributed by atoms with E-state index in [1.165, 1.54) is 12.1 Å². The summed E-state index contributed by atoms with van der Waals surface area (Å²) < 4.78 is 19.4. The molecule has 0 bridgehead atoms. The van der Waals surface area contributed by atoms with Gasteiger partial charge in [-0.2, -0.15) is 0 Å². The Morgan fingerprint density at radius 3 is 2.90 bits per heavy atom. The molecule has 1 aromatic heterocycles. The minimum absolute atomic E-state index is 0.0823. The third kappa shape index (κ3) is 4.78. The number of pyridine rings is 1. The van der Waals surface area contributed by atoms with E-state index in [0.717, 1.165) is 24.9 Å². The van der Waals surface area contributed by atoms with Crippen molar-refractivity contribution in [3.05, 3.63) is 84.4 Å². The van der Waals surface area contributed by atoms with Crippen LogP contribution in [-0.4, -0.2) is 28.4 Å². The largest absolute Gasteiger partial charge is 0.454 e. The Balaban J connectivity index is 1.46. The summed E-state index contributed by atoms with van der Waals surface area (Å²) in [4.78, 5) is 19.1. The molecule has 29 heavy (non-hydrogen) atoms. The van der Waals surface area contributed by atoms with E-state index in [1.807, 2.05) is 36.4 Å². The second-order valence-electron chi connectivity index (χ2n) is 7.03. The molecule has 0 aliphatic carbocycles. The lowest BCUT2D eigenvalue weighted by atomic mass is 10.1. The van der Waals surface area contributed by atoms with Gasteiger partial charge >= 0.3 is 0 Å². The number of anilines is 1. The molecule has 0 spiro atoms. The van der Waals surface area contributed by atoms with Crippen molar-refractivity contribution in [3.8, 4) is 11.5 Å². The number of hydrogen-bond donors (Lipinski definition) is 1. The molecule has 1 aliphatic heterocycles. The van der Waals surface area contributed by atoms with Crippen LogP contribution < -0.4 is 10.1 Å². The Bertz CT molecular complexity index is 981. The number of ether oxygens (including phenoxy) is 1. The number of carbonyl (C=O) groups excluding carboxylic acids is 1. The summed E-state index contributed by atoms with van der Waals surface area (Å²) in [6.07, 6.45) is 5.00. The molecular formula is C23H22FN3O2. The normalized spacial score (nSPS) is 16.5. The number of nitrogens with one attached hydrogen (secondary N) is 1. The zero-order valence-electron chi connectivity index (χ0n) is 15.9. The quantitative estimate of drug-likeness (QED) is 0.666. The number of para-hydroxylation sites is 2. The van der Waals surface area contributed by atoms with Gasteiger partial charge in [-0.05, 0) is 61.3 Å². The summed E-state index contributed by atoms with van der Waals surface area (Å²) in [5.74, 6) is 0.816. The maximum absolute atomic E-state index is 13.5. The monoisotopic (exact) mass is 391 g/mol. The van der Waals surface area contributed by atoms with Crippen LogP contribution in [0, 0.1) is 5.82 Å². The van der Waals surface area contributed by atoms with Crippen LogP contribution in [0.25, 0.3) is 0 Å². The topological polar surface area (TPSA) is 54.5 Å². The lowest BCUT2D eigenvalue weighted by Gasteiger charge is -2.24. The SMILES string of the molecule is O=C(Nc1ccccc1Oc1cccnc1)[C@@H]1CCCN1Cc1cccc(F)c1. The predicted octanol–water partition coefficient (Wildman–Crippen LogP) is 4.62. The first kappa shape index (κ1) is 19.1. The molecule has 1 N–H and O–H groups in total. The molecule has 1 aliphatic rings. The fourth-order valence-electron chi connectivity index (χ4n) is 3.59. The first-order chi connectivity index (χ1) is 14.2. The third-order valence-electron chi connectivity index (χ3n) is 4.95. The summed E-state index contributed by atoms with van der Waals surface area (Å²) in [7, 11) is 0. The molecule has 6 heteroatoms. The molecule has 1 atom stereocenters. The van der Waals surface area contributed by atoms with Crippen LogP contribution in [-0.2, 0) is 11.3 Å². The molecule has 2 heterocycles. The van der Waals surface area contributed by atoms with Gasteiger partial charge in [0.2, 0.25) is 5.91 Å². The summed E-state index contributed by atoms with van der Waals surface area (Å²) in [6.45, 7) is 1.35. The molecule has 2 aromatic carbocycles. The van der Waals surface area contributed by atoms with Crippen LogP contribution in [0.4, 0.5) is 10.1 Å². The lowest BCUT2D eigenvalue weighted by Crippen LogP contribution is -2.39. The minimum Gasteiger partial charge on any atom is -0.454 e. The number of rotatable bonds is 6. The maximum Gasteiger partial charge on any atom is 0.241 e. The van der Waals surface area contributed by atoms with Crippen LogP contribution >= 0.6 is 0 Å². The second kappa shape index (κ2) is 8.84. The first-order valence-corrected chi connectivity index (χ1v) is 9.65. The van der Waals surface area contributed by atoms with Crippen LogP contribution in [0.5, 0.6) is 11.5 Å². The van der Waals surface area contributed by atoms with E-state index in [2.05, 4.69) is 15.2 Å². The van der Waals surface area contributed by atoms with E-state index in [4.69, 9.17) is 4.74 Å². The third-order valence-corrected chi connectivity index (χ3v) is 4.95. The van der Waals surface area contributed by atoms with Crippen molar-refractivity contribution < 1.29 is 13.9 Å². The van der Waals surface area contributed by atoms with Crippen molar-refractivity contribution in [2.24, 2.45) is 0 Å². The molecule has 1 saturated heterocycles. The Labute approximate surface area is 169 Å². The van der Waals surface area contributed by atoms with E-state index < -0.39 is 0 Å². The number of likely N-dealkylation sites (tertiary alicyclic amines) is 1. The number of benzene rings is 2. The van der Waals surface area contributed by atoms with Gasteiger partial charge in [-0.25, -0.2) is 4.39 Å². The van der Waals surface area contributed by atoms with Crippen molar-refractivity contribution in [2.75, 3.05) is 11.9 Å². The average Bonchev–Trinajstić information content (AvgIpc) is 3.18. The lowest BCUT2D eigenvalue weighted by molar-refractivity contribution is -0.120. The van der Waals surface area contributed by atoms with E-state index in [9.17, 15) is 9.18 Å². The molecule has 5 nitrogen and oxygen atoms in total. The molecule has 4 rings (SSSR count). The van der Waals surface area contributed by atoms with Gasteiger partial charge in [0, 0.05) is 12.7 Å². The fourth-order valence-corrected chi connectivity index (χ4v) is 3.59. The Kier molecular flexibility index (Phi) is 5.81. The first-order valence-electron chi connectivity index (χ1n) is 9.65. The number of halogens is 1. The zero-order valence-corrected chi connectivity index (χ0v) is 15.9. The highest BCUT2D eigenvalue weighted by atomic mass is 19.1. The number of hydrogen-bond acceptors (Lipinski definition) is 4. The molecule has 0 radical (unpaired) electrons. The average molecular weight is 391 g/mol. The summed E-state index contributed by atoms with van der Waals surface area (Å²) in [5.41, 5.74) is 1.48. The van der Waals surface area contributed by atoms with Crippen LogP contribution in [0.1, 0.15) is 18.4 Å². The van der Waals surface area contributed by atoms with Gasteiger partial charge in [-0.1, -0.05) is 24.3 Å². The fraction of sp³-hybridized carbons (Fsp3) is 0.217. The standard InChI is InChI=1S/C23H22FN3O2/c24-18-7-3-6-17(14-18)16-27-13-5-10-21(27)23(28)26-20-9-1-2-11-22(20)29-19-8-4-12-25-15-19/h1-4,6-9,11-12,14-15,21H,5,10,13,16H2,(H,26,28)/t21-/m0/s1. The Morgan fingerprint density at radius 2 is 2.07 bits per heavy atom. The van der Waals surface area contributed by atoms with Gasteiger partial charge in [0.15, 0.2) is 5.75 Å². The summed E-state index contributed by atoms with van der Waals surface area (Å²) in [6, 6.07) is 17.2. The van der Waals surface area contributed by atoms with Gasteiger partial charge in [0.25, 0.3) is 0 Å². The van der Waals surface area contributed by atoms with Crippen LogP contribution in [0.2, 0.25) is 0 Å². The zero-order chi connectivity index (χ0) is 20.1. The predicted molar refractivity (Wildman–Crippen MR) is 109 cm³/mol.